The average molecular weight is 227 g/mol. The van der Waals surface area contributed by atoms with Crippen LogP contribution in [-0.2, 0) is 4.79 Å². The lowest BCUT2D eigenvalue weighted by molar-refractivity contribution is -0.129. The van der Waals surface area contributed by atoms with Gasteiger partial charge >= 0.3 is 0 Å². The molecule has 0 aromatic carbocycles. The second-order valence-electron chi connectivity index (χ2n) is 5.66. The Hall–Kier alpha value is -0.610. The summed E-state index contributed by atoms with van der Waals surface area (Å²) in [5.74, 6) is 0.394. The van der Waals surface area contributed by atoms with Crippen molar-refractivity contribution >= 4 is 5.91 Å². The van der Waals surface area contributed by atoms with Crippen molar-refractivity contribution in [1.82, 2.24) is 15.1 Å². The van der Waals surface area contributed by atoms with Crippen molar-refractivity contribution < 1.29 is 4.79 Å². The van der Waals surface area contributed by atoms with E-state index in [-0.39, 0.29) is 17.4 Å². The van der Waals surface area contributed by atoms with Crippen LogP contribution in [0.1, 0.15) is 20.8 Å². The molecular formula is C12H25N3O. The highest BCUT2D eigenvalue weighted by Gasteiger charge is 2.31. The van der Waals surface area contributed by atoms with E-state index in [1.54, 1.807) is 7.05 Å². The third kappa shape index (κ3) is 3.46. The van der Waals surface area contributed by atoms with Gasteiger partial charge in [0.25, 0.3) is 0 Å². The number of carbonyl (C=O) groups excluding carboxylic acids is 1. The standard InChI is InChI=1S/C12H25N3O/c1-12(2,3)14(5)6-7-15-8-10(9-15)11(16)13-4/h10H,6-9H2,1-5H3,(H,13,16). The van der Waals surface area contributed by atoms with Crippen molar-refractivity contribution in [3.05, 3.63) is 0 Å². The third-order valence-electron chi connectivity index (χ3n) is 3.47. The Morgan fingerprint density at radius 1 is 1.44 bits per heavy atom. The molecule has 1 rings (SSSR count). The number of hydrogen-bond donors (Lipinski definition) is 1. The van der Waals surface area contributed by atoms with Crippen LogP contribution in [0.5, 0.6) is 0 Å². The molecule has 0 saturated carbocycles. The van der Waals surface area contributed by atoms with E-state index in [2.05, 4.69) is 42.9 Å². The highest BCUT2D eigenvalue weighted by molar-refractivity contribution is 5.79. The van der Waals surface area contributed by atoms with Gasteiger partial charge in [0, 0.05) is 38.8 Å². The first-order valence-corrected chi connectivity index (χ1v) is 6.00. The molecule has 0 unspecified atom stereocenters. The van der Waals surface area contributed by atoms with E-state index in [4.69, 9.17) is 0 Å². The molecule has 1 heterocycles. The van der Waals surface area contributed by atoms with Crippen LogP contribution in [0.3, 0.4) is 0 Å². The molecule has 16 heavy (non-hydrogen) atoms. The Morgan fingerprint density at radius 3 is 2.44 bits per heavy atom. The first kappa shape index (κ1) is 13.5. The minimum absolute atomic E-state index is 0.181. The molecule has 4 heteroatoms. The zero-order valence-corrected chi connectivity index (χ0v) is 11.2. The maximum Gasteiger partial charge on any atom is 0.225 e. The van der Waals surface area contributed by atoms with Gasteiger partial charge in [0.15, 0.2) is 0 Å². The fraction of sp³-hybridized carbons (Fsp3) is 0.917. The number of rotatable bonds is 4. The third-order valence-corrected chi connectivity index (χ3v) is 3.47. The summed E-state index contributed by atoms with van der Waals surface area (Å²) < 4.78 is 0. The van der Waals surface area contributed by atoms with Crippen LogP contribution in [0.25, 0.3) is 0 Å². The van der Waals surface area contributed by atoms with Crippen LogP contribution in [0.15, 0.2) is 0 Å². The molecule has 4 nitrogen and oxygen atoms in total. The van der Waals surface area contributed by atoms with E-state index in [0.717, 1.165) is 26.2 Å². The van der Waals surface area contributed by atoms with Gasteiger partial charge < -0.3 is 15.1 Å². The second-order valence-corrected chi connectivity index (χ2v) is 5.66. The summed E-state index contributed by atoms with van der Waals surface area (Å²) in [6.45, 7) is 10.6. The van der Waals surface area contributed by atoms with Gasteiger partial charge in [0.1, 0.15) is 0 Å². The summed E-state index contributed by atoms with van der Waals surface area (Å²) in [6.07, 6.45) is 0. The van der Waals surface area contributed by atoms with Gasteiger partial charge in [-0.1, -0.05) is 0 Å². The average Bonchev–Trinajstić information content (AvgIpc) is 2.12. The van der Waals surface area contributed by atoms with Crippen molar-refractivity contribution in [1.29, 1.82) is 0 Å². The zero-order chi connectivity index (χ0) is 12.3. The summed E-state index contributed by atoms with van der Waals surface area (Å²) in [7, 11) is 3.86. The summed E-state index contributed by atoms with van der Waals surface area (Å²) in [5, 5.41) is 2.70. The molecule has 1 aliphatic heterocycles. The molecule has 1 saturated heterocycles. The zero-order valence-electron chi connectivity index (χ0n) is 11.2. The van der Waals surface area contributed by atoms with Crippen molar-refractivity contribution in [3.63, 3.8) is 0 Å². The predicted molar refractivity (Wildman–Crippen MR) is 66.4 cm³/mol. The smallest absolute Gasteiger partial charge is 0.225 e. The van der Waals surface area contributed by atoms with E-state index in [0.29, 0.717) is 0 Å². The van der Waals surface area contributed by atoms with Gasteiger partial charge in [-0.25, -0.2) is 0 Å². The van der Waals surface area contributed by atoms with Gasteiger partial charge in [0.05, 0.1) is 5.92 Å². The Labute approximate surface area is 99.0 Å². The van der Waals surface area contributed by atoms with E-state index in [9.17, 15) is 4.79 Å². The number of likely N-dealkylation sites (N-methyl/N-ethyl adjacent to an activating group) is 1. The highest BCUT2D eigenvalue weighted by Crippen LogP contribution is 2.16. The number of nitrogens with zero attached hydrogens (tertiary/aromatic N) is 2. The summed E-state index contributed by atoms with van der Waals surface area (Å²) in [6, 6.07) is 0. The molecule has 0 aliphatic carbocycles. The first-order chi connectivity index (χ1) is 7.34. The van der Waals surface area contributed by atoms with Crippen LogP contribution in [0.4, 0.5) is 0 Å². The predicted octanol–water partition coefficient (Wildman–Crippen LogP) is 0.395. The minimum atomic E-state index is 0.181. The van der Waals surface area contributed by atoms with Crippen LogP contribution in [-0.4, -0.2) is 61.5 Å². The Bertz CT molecular complexity index is 241. The lowest BCUT2D eigenvalue weighted by atomic mass is 9.99. The largest absolute Gasteiger partial charge is 0.359 e. The second kappa shape index (κ2) is 5.15. The van der Waals surface area contributed by atoms with Gasteiger partial charge in [-0.3, -0.25) is 4.79 Å². The molecule has 0 aromatic heterocycles. The molecule has 1 amide bonds. The lowest BCUT2D eigenvalue weighted by Gasteiger charge is -2.40. The van der Waals surface area contributed by atoms with Gasteiger partial charge in [0.2, 0.25) is 5.91 Å². The molecule has 1 aliphatic rings. The summed E-state index contributed by atoms with van der Waals surface area (Å²) in [4.78, 5) is 16.0. The highest BCUT2D eigenvalue weighted by atomic mass is 16.1. The molecule has 0 spiro atoms. The van der Waals surface area contributed by atoms with Crippen molar-refractivity contribution in [2.45, 2.75) is 26.3 Å². The maximum absolute atomic E-state index is 11.3. The minimum Gasteiger partial charge on any atom is -0.359 e. The molecular weight excluding hydrogens is 202 g/mol. The monoisotopic (exact) mass is 227 g/mol. The molecule has 94 valence electrons. The fourth-order valence-electron chi connectivity index (χ4n) is 1.75. The maximum atomic E-state index is 11.3. The molecule has 0 aromatic rings. The quantitative estimate of drug-likeness (QED) is 0.755. The molecule has 0 bridgehead atoms. The Morgan fingerprint density at radius 2 is 2.00 bits per heavy atom. The molecule has 1 fully saturated rings. The van der Waals surface area contributed by atoms with Gasteiger partial charge in [-0.05, 0) is 27.8 Å². The van der Waals surface area contributed by atoms with Crippen molar-refractivity contribution in [2.75, 3.05) is 40.3 Å². The first-order valence-electron chi connectivity index (χ1n) is 6.00. The number of nitrogens with one attached hydrogen (secondary N) is 1. The van der Waals surface area contributed by atoms with Gasteiger partial charge in [-0.15, -0.1) is 0 Å². The fourth-order valence-corrected chi connectivity index (χ4v) is 1.75. The number of hydrogen-bond acceptors (Lipinski definition) is 3. The Kier molecular flexibility index (Phi) is 4.33. The molecule has 1 N–H and O–H groups in total. The number of carbonyl (C=O) groups is 1. The summed E-state index contributed by atoms with van der Waals surface area (Å²) in [5.41, 5.74) is 0.227. The number of amides is 1. The lowest BCUT2D eigenvalue weighted by Crippen LogP contribution is -2.55. The van der Waals surface area contributed by atoms with Crippen molar-refractivity contribution in [3.8, 4) is 0 Å². The van der Waals surface area contributed by atoms with E-state index >= 15 is 0 Å². The van der Waals surface area contributed by atoms with Gasteiger partial charge in [-0.2, -0.15) is 0 Å². The molecule has 0 radical (unpaired) electrons. The normalized spacial score (nSPS) is 18.6. The van der Waals surface area contributed by atoms with E-state index < -0.39 is 0 Å². The van der Waals surface area contributed by atoms with Crippen LogP contribution >= 0.6 is 0 Å². The van der Waals surface area contributed by atoms with E-state index in [1.165, 1.54) is 0 Å². The van der Waals surface area contributed by atoms with Crippen molar-refractivity contribution in [2.24, 2.45) is 5.92 Å². The number of likely N-dealkylation sites (tertiary alicyclic amines) is 1. The van der Waals surface area contributed by atoms with Crippen LogP contribution < -0.4 is 5.32 Å². The SMILES string of the molecule is CNC(=O)C1CN(CCN(C)C(C)(C)C)C1. The van der Waals surface area contributed by atoms with Crippen LogP contribution in [0.2, 0.25) is 0 Å². The summed E-state index contributed by atoms with van der Waals surface area (Å²) >= 11 is 0. The van der Waals surface area contributed by atoms with Crippen LogP contribution in [0, 0.1) is 5.92 Å². The van der Waals surface area contributed by atoms with E-state index in [1.807, 2.05) is 0 Å². The molecule has 0 atom stereocenters. The topological polar surface area (TPSA) is 35.6 Å². The Balaban J connectivity index is 2.17.